The molecular weight excluding hydrogens is 320 g/mol. The lowest BCUT2D eigenvalue weighted by Crippen LogP contribution is -2.63. The number of hydrogen-bond donors (Lipinski definition) is 0. The van der Waals surface area contributed by atoms with E-state index < -0.39 is 6.04 Å². The van der Waals surface area contributed by atoms with E-state index in [0.29, 0.717) is 31.4 Å². The normalized spacial score (nSPS) is 23.8. The molecule has 0 aromatic heterocycles. The van der Waals surface area contributed by atoms with Gasteiger partial charge in [-0.1, -0.05) is 32.7 Å². The van der Waals surface area contributed by atoms with Crippen molar-refractivity contribution in [1.29, 1.82) is 0 Å². The fourth-order valence-corrected chi connectivity index (χ4v) is 3.29. The molecular formula is C17H27N6O2+. The van der Waals surface area contributed by atoms with Crippen molar-refractivity contribution >= 4 is 29.4 Å². The average molecular weight is 347 g/mol. The Morgan fingerprint density at radius 1 is 1.24 bits per heavy atom. The maximum atomic E-state index is 13.0. The van der Waals surface area contributed by atoms with Crippen LogP contribution < -0.4 is 0 Å². The third kappa shape index (κ3) is 2.63. The van der Waals surface area contributed by atoms with E-state index in [1.54, 1.807) is 7.05 Å². The number of guanidine groups is 1. The highest BCUT2D eigenvalue weighted by molar-refractivity contribution is 6.23. The van der Waals surface area contributed by atoms with E-state index in [1.165, 1.54) is 9.80 Å². The van der Waals surface area contributed by atoms with Crippen LogP contribution >= 0.6 is 0 Å². The monoisotopic (exact) mass is 347 g/mol. The maximum absolute atomic E-state index is 13.0. The fraction of sp³-hybridized carbons (Fsp3) is 0.706. The largest absolute Gasteiger partial charge is 0.416 e. The van der Waals surface area contributed by atoms with Gasteiger partial charge in [-0.3, -0.25) is 14.6 Å². The lowest BCUT2D eigenvalue weighted by atomic mass is 9.89. The van der Waals surface area contributed by atoms with Gasteiger partial charge in [0, 0.05) is 19.0 Å². The topological polar surface area (TPSA) is 71.6 Å². The maximum Gasteiger partial charge on any atom is 0.416 e. The zero-order valence-electron chi connectivity index (χ0n) is 15.9. The molecule has 1 fully saturated rings. The smallest absolute Gasteiger partial charge is 0.270 e. The lowest BCUT2D eigenvalue weighted by molar-refractivity contribution is -0.528. The molecule has 0 aromatic carbocycles. The Kier molecular flexibility index (Phi) is 4.17. The molecule has 1 atom stereocenters. The molecule has 8 heteroatoms. The van der Waals surface area contributed by atoms with E-state index in [4.69, 9.17) is 5.10 Å². The molecule has 136 valence electrons. The second kappa shape index (κ2) is 5.93. The molecule has 3 aliphatic rings. The summed E-state index contributed by atoms with van der Waals surface area (Å²) in [5.41, 5.74) is 0.897. The highest BCUT2D eigenvalue weighted by Gasteiger charge is 2.54. The lowest BCUT2D eigenvalue weighted by Gasteiger charge is -2.35. The van der Waals surface area contributed by atoms with Crippen LogP contribution in [0.1, 0.15) is 41.0 Å². The molecule has 3 rings (SSSR count). The van der Waals surface area contributed by atoms with Gasteiger partial charge in [0.25, 0.3) is 5.91 Å². The quantitative estimate of drug-likeness (QED) is 0.720. The summed E-state index contributed by atoms with van der Waals surface area (Å²) in [6, 6.07) is -0.853. The Bertz CT molecular complexity index is 715. The summed E-state index contributed by atoms with van der Waals surface area (Å²) in [7, 11) is 1.68. The molecule has 0 N–H and O–H groups in total. The minimum atomic E-state index is -0.550. The number of fused-ring (bicyclic) bond motifs is 2. The number of rotatable bonds is 3. The van der Waals surface area contributed by atoms with Gasteiger partial charge in [-0.15, -0.1) is 10.1 Å². The molecule has 1 unspecified atom stereocenters. The van der Waals surface area contributed by atoms with Crippen LogP contribution in [0.25, 0.3) is 0 Å². The first-order valence-corrected chi connectivity index (χ1v) is 8.87. The van der Waals surface area contributed by atoms with Crippen molar-refractivity contribution in [3.05, 3.63) is 0 Å². The number of imide groups is 1. The van der Waals surface area contributed by atoms with Crippen molar-refractivity contribution < 1.29 is 14.2 Å². The van der Waals surface area contributed by atoms with Crippen molar-refractivity contribution in [3.8, 4) is 0 Å². The number of amides is 3. The van der Waals surface area contributed by atoms with E-state index in [1.807, 2.05) is 23.4 Å². The Labute approximate surface area is 148 Å². The van der Waals surface area contributed by atoms with Crippen molar-refractivity contribution in [2.45, 2.75) is 47.1 Å². The molecule has 0 aromatic rings. The highest BCUT2D eigenvalue weighted by atomic mass is 16.2. The predicted molar refractivity (Wildman–Crippen MR) is 95.8 cm³/mol. The number of nitrogens with zero attached hydrogens (tertiary/aromatic N) is 6. The molecule has 0 aliphatic carbocycles. The Morgan fingerprint density at radius 2 is 1.92 bits per heavy atom. The van der Waals surface area contributed by atoms with Crippen LogP contribution in [0, 0.1) is 5.41 Å². The average Bonchev–Trinajstić information content (AvgIpc) is 2.94. The number of urea groups is 1. The summed E-state index contributed by atoms with van der Waals surface area (Å²) in [5, 5.41) is 6.56. The van der Waals surface area contributed by atoms with Gasteiger partial charge < -0.3 is 0 Å². The van der Waals surface area contributed by atoms with Gasteiger partial charge in [-0.2, -0.15) is 0 Å². The first kappa shape index (κ1) is 17.6. The van der Waals surface area contributed by atoms with Gasteiger partial charge in [0.2, 0.25) is 11.9 Å². The summed E-state index contributed by atoms with van der Waals surface area (Å²) >= 11 is 0. The van der Waals surface area contributed by atoms with Crippen LogP contribution in [0.4, 0.5) is 4.79 Å². The first-order chi connectivity index (χ1) is 11.7. The Balaban J connectivity index is 2.03. The van der Waals surface area contributed by atoms with Crippen molar-refractivity contribution in [2.75, 3.05) is 26.7 Å². The first-order valence-electron chi connectivity index (χ1n) is 8.87. The van der Waals surface area contributed by atoms with E-state index >= 15 is 0 Å². The van der Waals surface area contributed by atoms with Crippen LogP contribution in [-0.2, 0) is 4.79 Å². The van der Waals surface area contributed by atoms with E-state index in [9.17, 15) is 9.59 Å². The number of carbonyl (C=O) groups is 2. The minimum Gasteiger partial charge on any atom is -0.270 e. The summed E-state index contributed by atoms with van der Waals surface area (Å²) in [4.78, 5) is 33.0. The molecule has 0 bridgehead atoms. The van der Waals surface area contributed by atoms with Gasteiger partial charge in [0.1, 0.15) is 6.54 Å². The molecule has 3 aliphatic heterocycles. The number of likely N-dealkylation sites (N-methyl/N-ethyl adjacent to an activating group) is 1. The van der Waals surface area contributed by atoms with Gasteiger partial charge in [0.15, 0.2) is 0 Å². The fourth-order valence-electron chi connectivity index (χ4n) is 3.29. The molecule has 25 heavy (non-hydrogen) atoms. The molecule has 0 radical (unpaired) electrons. The van der Waals surface area contributed by atoms with Gasteiger partial charge in [-0.05, 0) is 13.3 Å². The van der Waals surface area contributed by atoms with E-state index in [-0.39, 0.29) is 17.4 Å². The molecule has 8 nitrogen and oxygen atoms in total. The SMILES string of the molecule is CCCN1C(=O)C2C(=NC3=[N+]2CC(C(C)(C)C)=NN3CC)N(C)C1=O. The van der Waals surface area contributed by atoms with Crippen LogP contribution in [0.5, 0.6) is 0 Å². The summed E-state index contributed by atoms with van der Waals surface area (Å²) in [6.45, 7) is 11.9. The highest BCUT2D eigenvalue weighted by Crippen LogP contribution is 2.26. The third-order valence-electron chi connectivity index (χ3n) is 4.79. The number of hydrogen-bond acceptors (Lipinski definition) is 5. The number of amidine groups is 1. The van der Waals surface area contributed by atoms with Crippen LogP contribution in [-0.4, -0.2) is 81.6 Å². The van der Waals surface area contributed by atoms with Gasteiger partial charge in [-0.25, -0.2) is 9.37 Å². The minimum absolute atomic E-state index is 0.107. The second-order valence-corrected chi connectivity index (χ2v) is 7.64. The van der Waals surface area contributed by atoms with Crippen molar-refractivity contribution in [1.82, 2.24) is 14.8 Å². The van der Waals surface area contributed by atoms with E-state index in [2.05, 4.69) is 25.8 Å². The number of hydrazone groups is 1. The summed E-state index contributed by atoms with van der Waals surface area (Å²) in [5.74, 6) is 0.966. The Morgan fingerprint density at radius 3 is 2.48 bits per heavy atom. The van der Waals surface area contributed by atoms with Gasteiger partial charge >= 0.3 is 12.0 Å². The molecule has 0 spiro atoms. The van der Waals surface area contributed by atoms with Crippen molar-refractivity contribution in [3.63, 3.8) is 0 Å². The zero-order valence-corrected chi connectivity index (χ0v) is 15.9. The zero-order chi connectivity index (χ0) is 18.5. The van der Waals surface area contributed by atoms with Crippen LogP contribution in [0.15, 0.2) is 10.1 Å². The van der Waals surface area contributed by atoms with Gasteiger partial charge in [0.05, 0.1) is 12.3 Å². The van der Waals surface area contributed by atoms with E-state index in [0.717, 1.165) is 12.1 Å². The molecule has 0 saturated carbocycles. The van der Waals surface area contributed by atoms with Crippen LogP contribution in [0.3, 0.4) is 0 Å². The molecule has 3 heterocycles. The standard InChI is InChI=1S/C17H27N6O2/c1-7-9-21-14(24)12-13(20(6)16(21)25)18-15-22(12)10-11(17(3,4)5)19-23(15)8-2/h12H,7-10H2,1-6H3/q+1. The second-order valence-electron chi connectivity index (χ2n) is 7.64. The third-order valence-corrected chi connectivity index (χ3v) is 4.79. The number of carbonyl (C=O) groups excluding carboxylic acids is 2. The molecule has 3 amide bonds. The number of aliphatic imine (C=N–C) groups is 1. The predicted octanol–water partition coefficient (Wildman–Crippen LogP) is 1.18. The molecule has 1 saturated heterocycles. The van der Waals surface area contributed by atoms with Crippen molar-refractivity contribution in [2.24, 2.45) is 15.5 Å². The summed E-state index contributed by atoms with van der Waals surface area (Å²) < 4.78 is 1.99. The Hall–Kier alpha value is -2.25. The van der Waals surface area contributed by atoms with Crippen LogP contribution in [0.2, 0.25) is 0 Å². The summed E-state index contributed by atoms with van der Waals surface area (Å²) in [6.07, 6.45) is 0.733.